The Balaban J connectivity index is 2.02. The second-order valence-corrected chi connectivity index (χ2v) is 8.60. The predicted octanol–water partition coefficient (Wildman–Crippen LogP) is 7.04. The van der Waals surface area contributed by atoms with E-state index in [4.69, 9.17) is 12.2 Å². The summed E-state index contributed by atoms with van der Waals surface area (Å²) in [6.07, 6.45) is 15.2. The first-order chi connectivity index (χ1) is 11.3. The molecule has 0 unspecified atom stereocenters. The average Bonchev–Trinajstić information content (AvgIpc) is 2.58. The van der Waals surface area contributed by atoms with Gasteiger partial charge in [0.1, 0.15) is 0 Å². The van der Waals surface area contributed by atoms with E-state index in [1.165, 1.54) is 76.2 Å². The Labute approximate surface area is 162 Å². The Bertz CT molecular complexity index is 420. The summed E-state index contributed by atoms with van der Waals surface area (Å²) in [6.45, 7) is 2.28. The third-order valence-corrected chi connectivity index (χ3v) is 6.77. The maximum absolute atomic E-state index is 5.17. The van der Waals surface area contributed by atoms with E-state index >= 15 is 0 Å². The molecule has 1 rings (SSSR count). The molecule has 0 aliphatic rings. The first-order valence-corrected chi connectivity index (χ1v) is 12.6. The Morgan fingerprint density at radius 2 is 1.43 bits per heavy atom. The molecule has 0 fully saturated rings. The number of rotatable bonds is 12. The van der Waals surface area contributed by atoms with Gasteiger partial charge in [-0.05, 0) is 0 Å². The van der Waals surface area contributed by atoms with Gasteiger partial charge in [0.05, 0.1) is 0 Å². The summed E-state index contributed by atoms with van der Waals surface area (Å²) in [4.78, 5) is 0. The summed E-state index contributed by atoms with van der Waals surface area (Å²) in [7, 11) is 1.58. The van der Waals surface area contributed by atoms with Gasteiger partial charge in [-0.1, -0.05) is 45.4 Å². The van der Waals surface area contributed by atoms with E-state index in [1.807, 2.05) is 18.5 Å². The number of aryl methyl sites for hydroxylation is 1. The monoisotopic (exact) mass is 434 g/mol. The molecule has 1 nitrogen and oxygen atoms in total. The zero-order valence-corrected chi connectivity index (χ0v) is 18.0. The van der Waals surface area contributed by atoms with Crippen LogP contribution in [0.2, 0.25) is 0 Å². The fourth-order valence-corrected chi connectivity index (χ4v) is 3.29. The van der Waals surface area contributed by atoms with E-state index in [2.05, 4.69) is 36.5 Å². The van der Waals surface area contributed by atoms with Crippen LogP contribution in [0.1, 0.15) is 76.7 Å². The molecule has 0 aliphatic heterocycles. The number of thiocarbonyl (C=S) groups is 1. The molecule has 129 valence electrons. The Hall–Kier alpha value is 0.148. The van der Waals surface area contributed by atoms with Crippen molar-refractivity contribution in [2.75, 3.05) is 5.32 Å². The molecule has 0 aliphatic carbocycles. The second kappa shape index (κ2) is 14.5. The second-order valence-electron chi connectivity index (χ2n) is 6.12. The van der Waals surface area contributed by atoms with Gasteiger partial charge in [-0.2, -0.15) is 0 Å². The molecule has 1 aromatic rings. The minimum atomic E-state index is 0.831. The molecule has 0 aromatic heterocycles. The van der Waals surface area contributed by atoms with E-state index in [9.17, 15) is 0 Å². The van der Waals surface area contributed by atoms with Gasteiger partial charge >= 0.3 is 117 Å². The number of nitrogens with one attached hydrogen (secondary N) is 1. The van der Waals surface area contributed by atoms with E-state index in [-0.39, 0.29) is 0 Å². The summed E-state index contributed by atoms with van der Waals surface area (Å²) < 4.78 is 0.831. The van der Waals surface area contributed by atoms with Crippen molar-refractivity contribution in [1.82, 2.24) is 0 Å². The third-order valence-electron chi connectivity index (χ3n) is 4.10. The fourth-order valence-electron chi connectivity index (χ4n) is 2.71. The van der Waals surface area contributed by atoms with Crippen molar-refractivity contribution in [2.45, 2.75) is 77.6 Å². The Kier molecular flexibility index (Phi) is 13.3. The molecule has 0 amide bonds. The maximum atomic E-state index is 5.17. The van der Waals surface area contributed by atoms with Crippen molar-refractivity contribution in [2.24, 2.45) is 0 Å². The van der Waals surface area contributed by atoms with Crippen LogP contribution in [-0.4, -0.2) is 4.32 Å². The van der Waals surface area contributed by atoms with E-state index < -0.39 is 0 Å². The van der Waals surface area contributed by atoms with E-state index in [0.717, 1.165) is 10.0 Å². The fraction of sp³-hybridized carbons (Fsp3) is 0.632. The molecule has 0 spiro atoms. The number of hydrogen-bond acceptors (Lipinski definition) is 2. The molecule has 0 heterocycles. The molecule has 0 bridgehead atoms. The third kappa shape index (κ3) is 11.3. The Morgan fingerprint density at radius 3 is 1.96 bits per heavy atom. The van der Waals surface area contributed by atoms with Gasteiger partial charge in [0.2, 0.25) is 0 Å². The van der Waals surface area contributed by atoms with Crippen LogP contribution >= 0.6 is 21.7 Å². The van der Waals surface area contributed by atoms with Gasteiger partial charge in [0.15, 0.2) is 0 Å². The van der Waals surface area contributed by atoms with Gasteiger partial charge in [-0.15, -0.1) is 0 Å². The number of hydrogen-bond donors (Lipinski definition) is 1. The molecule has 0 atom stereocenters. The summed E-state index contributed by atoms with van der Waals surface area (Å²) in [5.74, 6) is 0. The van der Waals surface area contributed by atoms with Crippen LogP contribution in [0.25, 0.3) is 0 Å². The van der Waals surface area contributed by atoms with Gasteiger partial charge in [-0.25, -0.2) is 0 Å². The van der Waals surface area contributed by atoms with Crippen LogP contribution in [-0.2, 0) is 25.0 Å². The molecule has 23 heavy (non-hydrogen) atoms. The van der Waals surface area contributed by atoms with E-state index in [1.54, 1.807) is 9.47 Å². The average molecular weight is 433 g/mol. The van der Waals surface area contributed by atoms with Crippen LogP contribution in [0.5, 0.6) is 0 Å². The number of benzene rings is 1. The quantitative estimate of drug-likeness (QED) is 0.216. The molecule has 0 saturated carbocycles. The summed E-state index contributed by atoms with van der Waals surface area (Å²) in [6, 6.07) is 8.71. The van der Waals surface area contributed by atoms with Crippen LogP contribution in [0.15, 0.2) is 24.3 Å². The van der Waals surface area contributed by atoms with Crippen LogP contribution < -0.4 is 5.32 Å². The topological polar surface area (TPSA) is 12.0 Å². The van der Waals surface area contributed by atoms with Crippen molar-refractivity contribution < 1.29 is 18.5 Å². The molecule has 0 radical (unpaired) electrons. The first kappa shape index (κ1) is 21.2. The van der Waals surface area contributed by atoms with Crippen molar-refractivity contribution in [1.29, 1.82) is 0 Å². The van der Waals surface area contributed by atoms with Crippen molar-refractivity contribution >= 4 is 31.7 Å². The molecular formula is C19H30MoNS2. The molecule has 1 N–H and O–H groups in total. The molecular weight excluding hydrogens is 402 g/mol. The predicted molar refractivity (Wildman–Crippen MR) is 106 cm³/mol. The van der Waals surface area contributed by atoms with Gasteiger partial charge in [-0.3, -0.25) is 0 Å². The Morgan fingerprint density at radius 1 is 0.913 bits per heavy atom. The summed E-state index contributed by atoms with van der Waals surface area (Å²) in [5.41, 5.74) is 2.53. The SMILES string of the molecule is CCCCCCCCCCCCc1ccc(NC(=S)[S][Mo])cc1. The molecule has 0 saturated heterocycles. The number of anilines is 1. The van der Waals surface area contributed by atoms with Gasteiger partial charge < -0.3 is 0 Å². The normalized spacial score (nSPS) is 10.7. The zero-order valence-electron chi connectivity index (χ0n) is 14.3. The molecule has 1 aromatic carbocycles. The molecule has 4 heteroatoms. The van der Waals surface area contributed by atoms with E-state index in [0.29, 0.717) is 0 Å². The van der Waals surface area contributed by atoms with Crippen molar-refractivity contribution in [3.63, 3.8) is 0 Å². The van der Waals surface area contributed by atoms with Crippen molar-refractivity contribution in [3.05, 3.63) is 29.8 Å². The van der Waals surface area contributed by atoms with Crippen LogP contribution in [0, 0.1) is 0 Å². The van der Waals surface area contributed by atoms with Crippen LogP contribution in [0.4, 0.5) is 5.69 Å². The first-order valence-electron chi connectivity index (χ1n) is 8.96. The summed E-state index contributed by atoms with van der Waals surface area (Å²) >= 11 is 7.10. The van der Waals surface area contributed by atoms with Gasteiger partial charge in [0.25, 0.3) is 0 Å². The number of unbranched alkanes of at least 4 members (excludes halogenated alkanes) is 9. The minimum absolute atomic E-state index is 0.831. The summed E-state index contributed by atoms with van der Waals surface area (Å²) in [5, 5.41) is 3.22. The van der Waals surface area contributed by atoms with Gasteiger partial charge in [0, 0.05) is 0 Å². The van der Waals surface area contributed by atoms with Crippen molar-refractivity contribution in [3.8, 4) is 0 Å². The zero-order chi connectivity index (χ0) is 16.8. The standard InChI is InChI=1S/C19H31NS2.Mo/c1-2-3-4-5-6-7-8-9-10-11-12-17-13-15-18(16-14-17)20-19(21)22;/h13-16H,2-12H2,1H3,(H2,20,21,22);/q;+1/p-1. The van der Waals surface area contributed by atoms with Crippen LogP contribution in [0.3, 0.4) is 0 Å².